The average Bonchev–Trinajstić information content (AvgIpc) is 3.44. The molecule has 27 heavy (non-hydrogen) atoms. The lowest BCUT2D eigenvalue weighted by molar-refractivity contribution is -0.151. The summed E-state index contributed by atoms with van der Waals surface area (Å²) in [5.74, 6) is -1.21. The van der Waals surface area contributed by atoms with Crippen molar-refractivity contribution < 1.29 is 28.7 Å². The molecule has 4 amide bonds. The highest BCUT2D eigenvalue weighted by Crippen LogP contribution is 2.40. The third-order valence-corrected chi connectivity index (χ3v) is 4.85. The Hall–Kier alpha value is -3.10. The molecule has 2 aliphatic heterocycles. The van der Waals surface area contributed by atoms with Gasteiger partial charge in [0, 0.05) is 18.0 Å². The number of imide groups is 1. The van der Waals surface area contributed by atoms with E-state index in [4.69, 9.17) is 9.47 Å². The van der Waals surface area contributed by atoms with E-state index in [9.17, 15) is 19.2 Å². The van der Waals surface area contributed by atoms with Crippen LogP contribution in [0.15, 0.2) is 24.3 Å². The Balaban J connectivity index is 1.43. The number of urea groups is 1. The number of carbonyl (C=O) groups is 4. The van der Waals surface area contributed by atoms with Crippen LogP contribution in [0.25, 0.3) is 0 Å². The summed E-state index contributed by atoms with van der Waals surface area (Å²) in [6, 6.07) is 6.47. The predicted octanol–water partition coefficient (Wildman–Crippen LogP) is 0.0380. The van der Waals surface area contributed by atoms with Crippen LogP contribution >= 0.6 is 0 Å². The molecule has 2 N–H and O–H groups in total. The number of fused-ring (bicyclic) bond motifs is 2. The Morgan fingerprint density at radius 1 is 1.30 bits per heavy atom. The number of hydrogen-bond acceptors (Lipinski definition) is 6. The van der Waals surface area contributed by atoms with Gasteiger partial charge >= 0.3 is 12.0 Å². The fourth-order valence-electron chi connectivity index (χ4n) is 3.33. The van der Waals surface area contributed by atoms with Gasteiger partial charge in [0.15, 0.2) is 12.1 Å². The first kappa shape index (κ1) is 17.3. The number of esters is 1. The molecule has 1 atom stereocenters. The quantitative estimate of drug-likeness (QED) is 0.556. The van der Waals surface area contributed by atoms with E-state index in [1.165, 1.54) is 0 Å². The van der Waals surface area contributed by atoms with Crippen molar-refractivity contribution in [2.45, 2.75) is 30.8 Å². The maximum absolute atomic E-state index is 13.0. The molecule has 142 valence electrons. The van der Waals surface area contributed by atoms with E-state index in [0.29, 0.717) is 11.3 Å². The second kappa shape index (κ2) is 6.57. The topological polar surface area (TPSA) is 114 Å². The number of hydrogen-bond donors (Lipinski definition) is 2. The van der Waals surface area contributed by atoms with E-state index in [1.54, 1.807) is 24.3 Å². The highest BCUT2D eigenvalue weighted by atomic mass is 16.5. The largest absolute Gasteiger partial charge is 0.493 e. The highest BCUT2D eigenvalue weighted by molar-refractivity contribution is 6.09. The van der Waals surface area contributed by atoms with Gasteiger partial charge in [0.1, 0.15) is 12.3 Å². The Labute approximate surface area is 155 Å². The normalized spacial score (nSPS) is 23.5. The van der Waals surface area contributed by atoms with Gasteiger partial charge in [-0.3, -0.25) is 19.3 Å². The van der Waals surface area contributed by atoms with E-state index in [1.807, 2.05) is 0 Å². The number of benzene rings is 1. The van der Waals surface area contributed by atoms with Crippen molar-refractivity contribution >= 4 is 23.8 Å². The molecule has 4 rings (SSSR count). The third-order valence-electron chi connectivity index (χ3n) is 4.85. The smallest absolute Gasteiger partial charge is 0.326 e. The molecule has 2 fully saturated rings. The third kappa shape index (κ3) is 3.20. The molecule has 2 heterocycles. The van der Waals surface area contributed by atoms with Gasteiger partial charge in [-0.05, 0) is 18.9 Å². The predicted molar refractivity (Wildman–Crippen MR) is 90.6 cm³/mol. The summed E-state index contributed by atoms with van der Waals surface area (Å²) in [6.45, 7) is -0.713. The summed E-state index contributed by atoms with van der Waals surface area (Å²) in [4.78, 5) is 49.8. The second-order valence-corrected chi connectivity index (χ2v) is 6.82. The van der Waals surface area contributed by atoms with Crippen LogP contribution in [0, 0.1) is 0 Å². The van der Waals surface area contributed by atoms with Crippen LogP contribution in [0.1, 0.15) is 24.8 Å². The monoisotopic (exact) mass is 373 g/mol. The SMILES string of the molecule is O=C(COC(=O)CN1C(=O)N[C@@]2(CCOc3ccccc32)C1=O)NC1CC1. The van der Waals surface area contributed by atoms with Crippen LogP contribution in [0.3, 0.4) is 0 Å². The van der Waals surface area contributed by atoms with Crippen LogP contribution < -0.4 is 15.4 Å². The minimum atomic E-state index is -1.24. The van der Waals surface area contributed by atoms with Gasteiger partial charge in [0.2, 0.25) is 0 Å². The van der Waals surface area contributed by atoms with Crippen molar-refractivity contribution in [1.82, 2.24) is 15.5 Å². The second-order valence-electron chi connectivity index (χ2n) is 6.82. The van der Waals surface area contributed by atoms with Gasteiger partial charge < -0.3 is 20.1 Å². The lowest BCUT2D eigenvalue weighted by Gasteiger charge is -2.33. The van der Waals surface area contributed by atoms with Crippen LogP contribution in [-0.2, 0) is 24.7 Å². The van der Waals surface area contributed by atoms with E-state index in [0.717, 1.165) is 17.7 Å². The van der Waals surface area contributed by atoms with Crippen molar-refractivity contribution in [3.05, 3.63) is 29.8 Å². The number of ether oxygens (including phenoxy) is 2. The molecule has 1 aliphatic carbocycles. The zero-order valence-corrected chi connectivity index (χ0v) is 14.5. The Bertz CT molecular complexity index is 821. The van der Waals surface area contributed by atoms with E-state index in [-0.39, 0.29) is 19.1 Å². The Morgan fingerprint density at radius 2 is 2.07 bits per heavy atom. The average molecular weight is 373 g/mol. The fraction of sp³-hybridized carbons (Fsp3) is 0.444. The van der Waals surface area contributed by atoms with Gasteiger partial charge in [0.25, 0.3) is 11.8 Å². The maximum Gasteiger partial charge on any atom is 0.326 e. The first-order valence-corrected chi connectivity index (χ1v) is 8.81. The summed E-state index contributed by atoms with van der Waals surface area (Å²) in [5, 5.41) is 5.39. The molecule has 1 aromatic rings. The van der Waals surface area contributed by atoms with Crippen LogP contribution in [-0.4, -0.2) is 54.5 Å². The summed E-state index contributed by atoms with van der Waals surface area (Å²) >= 11 is 0. The van der Waals surface area contributed by atoms with Crippen LogP contribution in [0.4, 0.5) is 4.79 Å². The summed E-state index contributed by atoms with van der Waals surface area (Å²) in [6.07, 6.45) is 2.12. The van der Waals surface area contributed by atoms with E-state index >= 15 is 0 Å². The van der Waals surface area contributed by atoms with Gasteiger partial charge in [-0.1, -0.05) is 18.2 Å². The van der Waals surface area contributed by atoms with Crippen molar-refractivity contribution in [3.8, 4) is 5.75 Å². The number of para-hydroxylation sites is 1. The number of amides is 4. The molecule has 9 heteroatoms. The van der Waals surface area contributed by atoms with Gasteiger partial charge in [-0.25, -0.2) is 4.79 Å². The standard InChI is InChI=1S/C18H19N3O6/c22-14(19-11-5-6-11)10-27-15(23)9-21-16(24)18(20-17(21)25)7-8-26-13-4-2-1-3-12(13)18/h1-4,11H,5-10H2,(H,19,22)(H,20,25)/t18-/m1/s1. The van der Waals surface area contributed by atoms with Crippen molar-refractivity contribution in [2.24, 2.45) is 0 Å². The molecule has 3 aliphatic rings. The molecular formula is C18H19N3O6. The molecule has 0 unspecified atom stereocenters. The molecule has 1 spiro atoms. The number of nitrogens with zero attached hydrogens (tertiary/aromatic N) is 1. The van der Waals surface area contributed by atoms with Crippen molar-refractivity contribution in [3.63, 3.8) is 0 Å². The Morgan fingerprint density at radius 3 is 2.85 bits per heavy atom. The van der Waals surface area contributed by atoms with E-state index in [2.05, 4.69) is 10.6 Å². The van der Waals surface area contributed by atoms with E-state index < -0.39 is 42.5 Å². The summed E-state index contributed by atoms with van der Waals surface area (Å²) < 4.78 is 10.4. The molecule has 1 saturated heterocycles. The maximum atomic E-state index is 13.0. The zero-order valence-electron chi connectivity index (χ0n) is 14.5. The highest BCUT2D eigenvalue weighted by Gasteiger charge is 2.55. The molecule has 0 bridgehead atoms. The van der Waals surface area contributed by atoms with Crippen LogP contribution in [0.2, 0.25) is 0 Å². The molecular weight excluding hydrogens is 354 g/mol. The minimum Gasteiger partial charge on any atom is -0.493 e. The Kier molecular flexibility index (Phi) is 4.21. The molecule has 0 radical (unpaired) electrons. The molecule has 9 nitrogen and oxygen atoms in total. The van der Waals surface area contributed by atoms with Crippen molar-refractivity contribution in [2.75, 3.05) is 19.8 Å². The van der Waals surface area contributed by atoms with Gasteiger partial charge in [-0.2, -0.15) is 0 Å². The number of nitrogens with one attached hydrogen (secondary N) is 2. The molecule has 1 aromatic carbocycles. The fourth-order valence-corrected chi connectivity index (χ4v) is 3.33. The molecule has 0 aromatic heterocycles. The first-order valence-electron chi connectivity index (χ1n) is 8.81. The zero-order chi connectivity index (χ0) is 19.0. The lowest BCUT2D eigenvalue weighted by atomic mass is 9.84. The number of carbonyl (C=O) groups excluding carboxylic acids is 4. The first-order chi connectivity index (χ1) is 13.0. The number of rotatable bonds is 5. The lowest BCUT2D eigenvalue weighted by Crippen LogP contribution is -2.47. The summed E-state index contributed by atoms with van der Waals surface area (Å²) in [7, 11) is 0. The van der Waals surface area contributed by atoms with Gasteiger partial charge in [-0.15, -0.1) is 0 Å². The molecule has 1 saturated carbocycles. The van der Waals surface area contributed by atoms with Gasteiger partial charge in [0.05, 0.1) is 6.61 Å². The summed E-state index contributed by atoms with van der Waals surface area (Å²) in [5.41, 5.74) is -0.676. The van der Waals surface area contributed by atoms with Crippen LogP contribution in [0.5, 0.6) is 5.75 Å². The minimum absolute atomic E-state index is 0.163. The van der Waals surface area contributed by atoms with Crippen molar-refractivity contribution in [1.29, 1.82) is 0 Å².